The lowest BCUT2D eigenvalue weighted by Crippen LogP contribution is -2.60. The zero-order valence-electron chi connectivity index (χ0n) is 17.8. The van der Waals surface area contributed by atoms with E-state index in [1.54, 1.807) is 5.06 Å². The Hall–Kier alpha value is -0.963. The van der Waals surface area contributed by atoms with Gasteiger partial charge in [0.05, 0.1) is 19.1 Å². The van der Waals surface area contributed by atoms with Crippen molar-refractivity contribution in [1.29, 1.82) is 0 Å². The zero-order chi connectivity index (χ0) is 20.7. The number of nitrogens with one attached hydrogen (secondary N) is 1. The van der Waals surface area contributed by atoms with E-state index < -0.39 is 26.7 Å². The maximum absolute atomic E-state index is 13.0. The van der Waals surface area contributed by atoms with Crippen LogP contribution in [-0.4, -0.2) is 62.9 Å². The van der Waals surface area contributed by atoms with Crippen LogP contribution in [0.15, 0.2) is 0 Å². The molecule has 1 rings (SSSR count). The Balaban J connectivity index is 2.81. The highest BCUT2D eigenvalue weighted by atomic mass is 28.3. The van der Waals surface area contributed by atoms with Crippen LogP contribution in [-0.2, 0) is 18.9 Å². The van der Waals surface area contributed by atoms with Gasteiger partial charge in [-0.2, -0.15) is 5.06 Å². The quantitative estimate of drug-likeness (QED) is 0.330. The Labute approximate surface area is 165 Å². The molecule has 2 N–H and O–H groups in total. The minimum absolute atomic E-state index is 0.158. The normalized spacial score (nSPS) is 22.1. The van der Waals surface area contributed by atoms with Gasteiger partial charge in [0.2, 0.25) is 5.91 Å². The number of hydroxylamine groups is 2. The van der Waals surface area contributed by atoms with Crippen LogP contribution in [0.3, 0.4) is 0 Å². The van der Waals surface area contributed by atoms with Crippen molar-refractivity contribution in [3.63, 3.8) is 0 Å². The maximum atomic E-state index is 13.0. The van der Waals surface area contributed by atoms with Gasteiger partial charge >= 0.3 is 5.97 Å². The number of hydrogen-bond donors (Lipinski definition) is 2. The second-order valence-corrected chi connectivity index (χ2v) is 11.1. The predicted molar refractivity (Wildman–Crippen MR) is 108 cm³/mol. The van der Waals surface area contributed by atoms with Crippen LogP contribution < -0.4 is 5.32 Å². The summed E-state index contributed by atoms with van der Waals surface area (Å²) >= 11 is 0. The number of rotatable bonds is 10. The van der Waals surface area contributed by atoms with Crippen molar-refractivity contribution in [1.82, 2.24) is 10.4 Å². The molecule has 0 aromatic rings. The molecule has 0 saturated carbocycles. The van der Waals surface area contributed by atoms with E-state index in [2.05, 4.69) is 26.1 Å². The Bertz CT molecular complexity index is 495. The molecule has 0 spiro atoms. The number of hydrogen-bond acceptors (Lipinski definition) is 6. The van der Waals surface area contributed by atoms with E-state index >= 15 is 0 Å². The largest absolute Gasteiger partial charge is 0.464 e. The highest BCUT2D eigenvalue weighted by Crippen LogP contribution is 2.36. The van der Waals surface area contributed by atoms with E-state index in [9.17, 15) is 14.7 Å². The molecule has 1 aliphatic heterocycles. The summed E-state index contributed by atoms with van der Waals surface area (Å²) in [5.74, 6) is -0.796. The molecule has 0 radical (unpaired) electrons. The molecule has 1 heterocycles. The summed E-state index contributed by atoms with van der Waals surface area (Å²) in [5.41, 5.74) is -1.04. The highest BCUT2D eigenvalue weighted by molar-refractivity contribution is 6.48. The number of carbonyl (C=O) groups excluding carboxylic acids is 2. The molecule has 8 heteroatoms. The second kappa shape index (κ2) is 10.5. The van der Waals surface area contributed by atoms with Gasteiger partial charge in [-0.15, -0.1) is 0 Å². The fourth-order valence-corrected chi connectivity index (χ4v) is 4.19. The lowest BCUT2D eigenvalue weighted by molar-refractivity contribution is -0.199. The van der Waals surface area contributed by atoms with Crippen LogP contribution in [0.4, 0.5) is 0 Å². The van der Waals surface area contributed by atoms with Crippen molar-refractivity contribution in [2.45, 2.75) is 84.0 Å². The van der Waals surface area contributed by atoms with Crippen molar-refractivity contribution in [2.75, 3.05) is 20.2 Å². The number of carbonyl (C=O) groups is 2. The lowest BCUT2D eigenvalue weighted by atomic mass is 9.88. The number of unbranched alkanes of at least 4 members (excludes halogenated alkanes) is 1. The lowest BCUT2D eigenvalue weighted by Gasteiger charge is -2.39. The first-order valence-electron chi connectivity index (χ1n) is 10.0. The molecular formula is C19H38N2O5Si. The van der Waals surface area contributed by atoms with Crippen molar-refractivity contribution in [3.05, 3.63) is 0 Å². The van der Waals surface area contributed by atoms with Gasteiger partial charge in [0, 0.05) is 13.6 Å². The molecule has 1 amide bonds. The number of nitrogens with zero attached hydrogens (tertiary/aromatic N) is 1. The topological polar surface area (TPSA) is 88.1 Å². The maximum Gasteiger partial charge on any atom is 0.331 e. The van der Waals surface area contributed by atoms with E-state index in [1.165, 1.54) is 7.05 Å². The Morgan fingerprint density at radius 2 is 1.96 bits per heavy atom. The molecule has 1 saturated heterocycles. The van der Waals surface area contributed by atoms with Crippen molar-refractivity contribution >= 4 is 20.9 Å². The minimum Gasteiger partial charge on any atom is -0.464 e. The number of amides is 1. The van der Waals surface area contributed by atoms with E-state index in [4.69, 9.17) is 9.26 Å². The fraction of sp³-hybridized carbons (Fsp3) is 0.895. The summed E-state index contributed by atoms with van der Waals surface area (Å²) in [5, 5.41) is 14.9. The summed E-state index contributed by atoms with van der Waals surface area (Å²) in [6.45, 7) is 11.4. The molecule has 0 aromatic carbocycles. The molecule has 1 fully saturated rings. The highest BCUT2D eigenvalue weighted by Gasteiger charge is 2.55. The Morgan fingerprint density at radius 3 is 2.52 bits per heavy atom. The number of ether oxygens (including phenoxy) is 1. The third-order valence-electron chi connectivity index (χ3n) is 4.82. The molecule has 0 aromatic heterocycles. The number of aliphatic hydroxyl groups excluding tert-OH is 1. The van der Waals surface area contributed by atoms with Crippen LogP contribution >= 0.6 is 0 Å². The minimum atomic E-state index is -1.48. The first-order chi connectivity index (χ1) is 12.5. The predicted octanol–water partition coefficient (Wildman–Crippen LogP) is 1.99. The van der Waals surface area contributed by atoms with Gasteiger partial charge in [-0.25, -0.2) is 4.79 Å². The first kappa shape index (κ1) is 24.1. The summed E-state index contributed by atoms with van der Waals surface area (Å²) in [7, 11) is 0.0307. The van der Waals surface area contributed by atoms with E-state index in [1.807, 2.05) is 13.1 Å². The van der Waals surface area contributed by atoms with Gasteiger partial charge in [-0.1, -0.05) is 20.8 Å². The van der Waals surface area contributed by atoms with Crippen LogP contribution in [0.25, 0.3) is 0 Å². The molecule has 2 unspecified atom stereocenters. The summed E-state index contributed by atoms with van der Waals surface area (Å²) in [6.07, 6.45) is 2.62. The van der Waals surface area contributed by atoms with Gasteiger partial charge in [0.1, 0.15) is 0 Å². The molecule has 158 valence electrons. The molecule has 0 aliphatic carbocycles. The number of esters is 1. The van der Waals surface area contributed by atoms with Crippen molar-refractivity contribution < 1.29 is 24.0 Å². The number of aliphatic hydroxyl groups is 1. The average molecular weight is 403 g/mol. The van der Waals surface area contributed by atoms with Crippen LogP contribution in [0.5, 0.6) is 0 Å². The standard InChI is InChI=1S/C19H38N2O5Si/c1-18(2,3)10-7-8-13-25-17(24)19(15(22)14-16(23)20-4)11-9-12-21(19)26-27(5)6/h15,22,27H,7-14H2,1-6H3,(H,20,23). The van der Waals surface area contributed by atoms with Gasteiger partial charge in [0.25, 0.3) is 0 Å². The van der Waals surface area contributed by atoms with Gasteiger partial charge < -0.3 is 19.7 Å². The third kappa shape index (κ3) is 7.17. The monoisotopic (exact) mass is 402 g/mol. The summed E-state index contributed by atoms with van der Waals surface area (Å²) in [4.78, 5) is 24.8. The molecule has 0 bridgehead atoms. The first-order valence-corrected chi connectivity index (χ1v) is 12.8. The van der Waals surface area contributed by atoms with Crippen molar-refractivity contribution in [2.24, 2.45) is 5.41 Å². The SMILES string of the molecule is CNC(=O)CC(O)C1(C(=O)OCCCCC(C)(C)C)CCCN1O[SiH](C)C. The zero-order valence-corrected chi connectivity index (χ0v) is 19.0. The fourth-order valence-electron chi connectivity index (χ4n) is 3.38. The average Bonchev–Trinajstić information content (AvgIpc) is 2.96. The van der Waals surface area contributed by atoms with Gasteiger partial charge in [-0.3, -0.25) is 4.79 Å². The van der Waals surface area contributed by atoms with E-state index in [-0.39, 0.29) is 17.7 Å². The second-order valence-electron chi connectivity index (χ2n) is 8.83. The third-order valence-corrected chi connectivity index (χ3v) is 5.49. The summed E-state index contributed by atoms with van der Waals surface area (Å²) < 4.78 is 11.5. The smallest absolute Gasteiger partial charge is 0.331 e. The molecule has 7 nitrogen and oxygen atoms in total. The Kier molecular flexibility index (Phi) is 9.40. The molecule has 2 atom stereocenters. The molecule has 27 heavy (non-hydrogen) atoms. The van der Waals surface area contributed by atoms with E-state index in [0.29, 0.717) is 26.0 Å². The summed E-state index contributed by atoms with van der Waals surface area (Å²) in [6, 6.07) is 0. The van der Waals surface area contributed by atoms with Crippen LogP contribution in [0, 0.1) is 5.41 Å². The van der Waals surface area contributed by atoms with E-state index in [0.717, 1.165) is 19.3 Å². The Morgan fingerprint density at radius 1 is 1.30 bits per heavy atom. The van der Waals surface area contributed by atoms with Crippen LogP contribution in [0.1, 0.15) is 59.3 Å². The van der Waals surface area contributed by atoms with Crippen molar-refractivity contribution in [3.8, 4) is 0 Å². The van der Waals surface area contributed by atoms with Crippen LogP contribution in [0.2, 0.25) is 13.1 Å². The van der Waals surface area contributed by atoms with Gasteiger partial charge in [-0.05, 0) is 50.6 Å². The molecular weight excluding hydrogens is 364 g/mol. The van der Waals surface area contributed by atoms with Gasteiger partial charge in [0.15, 0.2) is 14.6 Å². The molecule has 1 aliphatic rings.